The second-order valence-electron chi connectivity index (χ2n) is 11.0. The van der Waals surface area contributed by atoms with Crippen LogP contribution in [0.2, 0.25) is 0 Å². The first-order valence-corrected chi connectivity index (χ1v) is 15.0. The molecule has 2 aliphatic heterocycles. The summed E-state index contributed by atoms with van der Waals surface area (Å²) < 4.78 is 78.2. The van der Waals surface area contributed by atoms with Crippen LogP contribution in [0.25, 0.3) is 10.9 Å². The van der Waals surface area contributed by atoms with Crippen molar-refractivity contribution in [2.24, 2.45) is 18.9 Å². The van der Waals surface area contributed by atoms with Crippen molar-refractivity contribution in [2.75, 3.05) is 32.9 Å². The van der Waals surface area contributed by atoms with E-state index in [1.165, 1.54) is 5.56 Å². The van der Waals surface area contributed by atoms with E-state index in [4.69, 9.17) is 9.47 Å². The molecule has 1 aromatic heterocycles. The van der Waals surface area contributed by atoms with Crippen molar-refractivity contribution in [3.63, 3.8) is 0 Å². The highest BCUT2D eigenvalue weighted by Gasteiger charge is 2.48. The lowest BCUT2D eigenvalue weighted by molar-refractivity contribution is -0.138. The van der Waals surface area contributed by atoms with E-state index < -0.39 is 27.5 Å². The van der Waals surface area contributed by atoms with E-state index in [0.29, 0.717) is 25.6 Å². The number of aromatic nitrogens is 2. The summed E-state index contributed by atoms with van der Waals surface area (Å²) in [6, 6.07) is 5.42. The van der Waals surface area contributed by atoms with Gasteiger partial charge in [0.1, 0.15) is 0 Å². The van der Waals surface area contributed by atoms with Gasteiger partial charge in [0.2, 0.25) is 5.91 Å². The monoisotopic (exact) mass is 572 g/mol. The number of ether oxygens (including phenoxy) is 2. The van der Waals surface area contributed by atoms with Gasteiger partial charge >= 0.3 is 15.5 Å². The van der Waals surface area contributed by atoms with Crippen LogP contribution in [0.1, 0.15) is 50.0 Å². The molecule has 1 N–H and O–H groups in total. The van der Waals surface area contributed by atoms with E-state index in [2.05, 4.69) is 23.3 Å². The third-order valence-electron chi connectivity index (χ3n) is 8.40. The minimum absolute atomic E-state index is 0.0717. The number of nitrogens with zero attached hydrogens (tertiary/aromatic N) is 3. The minimum Gasteiger partial charge on any atom is -0.381 e. The van der Waals surface area contributed by atoms with Crippen molar-refractivity contribution < 1.29 is 35.9 Å². The van der Waals surface area contributed by atoms with Crippen LogP contribution in [-0.2, 0) is 31.3 Å². The number of hydrogen-bond acceptors (Lipinski definition) is 6. The average molecular weight is 573 g/mol. The molecular weight excluding hydrogens is 537 g/mol. The van der Waals surface area contributed by atoms with Crippen molar-refractivity contribution in [3.8, 4) is 0 Å². The number of nitrogens with one attached hydrogen (secondary N) is 1. The lowest BCUT2D eigenvalue weighted by Gasteiger charge is -2.40. The lowest BCUT2D eigenvalue weighted by Crippen LogP contribution is -2.56. The first-order valence-electron chi connectivity index (χ1n) is 13.5. The van der Waals surface area contributed by atoms with Crippen LogP contribution in [0.5, 0.6) is 0 Å². The highest BCUT2D eigenvalue weighted by Crippen LogP contribution is 2.36. The SMILES string of the molecule is Cn1ncc2cc(C3CCC(OC[C@@H]4CN(C(=O)C5CCOC5)CC[C@@H]4NS(=O)(=O)C(F)(F)F)CC3)ccc21. The van der Waals surface area contributed by atoms with Crippen LogP contribution in [0.3, 0.4) is 0 Å². The molecule has 1 amide bonds. The Morgan fingerprint density at radius 3 is 2.64 bits per heavy atom. The van der Waals surface area contributed by atoms with Crippen LogP contribution in [0.15, 0.2) is 24.4 Å². The van der Waals surface area contributed by atoms with E-state index in [1.54, 1.807) is 4.90 Å². The van der Waals surface area contributed by atoms with Crippen LogP contribution in [0.4, 0.5) is 13.2 Å². The highest BCUT2D eigenvalue weighted by atomic mass is 32.2. The molecular formula is C26H35F3N4O5S. The Bertz CT molecular complexity index is 1270. The van der Waals surface area contributed by atoms with Gasteiger partial charge in [-0.25, -0.2) is 13.1 Å². The number of fused-ring (bicyclic) bond motifs is 1. The number of carbonyl (C=O) groups is 1. The smallest absolute Gasteiger partial charge is 0.381 e. The van der Waals surface area contributed by atoms with Crippen LogP contribution in [-0.4, -0.2) is 79.6 Å². The Kier molecular flexibility index (Phi) is 8.23. The van der Waals surface area contributed by atoms with Crippen molar-refractivity contribution >= 4 is 26.8 Å². The third kappa shape index (κ3) is 6.26. The molecule has 3 atom stereocenters. The molecule has 1 saturated carbocycles. The van der Waals surface area contributed by atoms with Crippen LogP contribution in [0, 0.1) is 11.8 Å². The van der Waals surface area contributed by atoms with Gasteiger partial charge in [0.15, 0.2) is 0 Å². The van der Waals surface area contributed by atoms with Gasteiger partial charge in [-0.2, -0.15) is 18.3 Å². The van der Waals surface area contributed by atoms with Gasteiger partial charge in [0.25, 0.3) is 0 Å². The fourth-order valence-corrected chi connectivity index (χ4v) is 6.91. The molecule has 9 nitrogen and oxygen atoms in total. The molecule has 2 aromatic rings. The molecule has 3 heterocycles. The van der Waals surface area contributed by atoms with E-state index in [9.17, 15) is 26.4 Å². The molecule has 0 radical (unpaired) electrons. The fourth-order valence-electron chi connectivity index (χ4n) is 6.07. The molecule has 39 heavy (non-hydrogen) atoms. The summed E-state index contributed by atoms with van der Waals surface area (Å²) in [5.74, 6) is -0.568. The molecule has 216 valence electrons. The largest absolute Gasteiger partial charge is 0.511 e. The normalized spacial score (nSPS) is 28.7. The molecule has 2 saturated heterocycles. The maximum absolute atomic E-state index is 13.1. The van der Waals surface area contributed by atoms with E-state index in [0.717, 1.165) is 36.6 Å². The molecule has 1 unspecified atom stereocenters. The Morgan fingerprint density at radius 2 is 1.95 bits per heavy atom. The van der Waals surface area contributed by atoms with Gasteiger partial charge in [-0.15, -0.1) is 0 Å². The second-order valence-corrected chi connectivity index (χ2v) is 12.7. The number of likely N-dealkylation sites (tertiary alicyclic amines) is 1. The minimum atomic E-state index is -5.51. The topological polar surface area (TPSA) is 103 Å². The number of aryl methyl sites for hydroxylation is 1. The zero-order valence-electron chi connectivity index (χ0n) is 21.9. The number of piperidine rings is 1. The van der Waals surface area contributed by atoms with Crippen LogP contribution < -0.4 is 4.72 Å². The number of benzene rings is 1. The number of hydrogen-bond donors (Lipinski definition) is 1. The Morgan fingerprint density at radius 1 is 1.18 bits per heavy atom. The summed E-state index contributed by atoms with van der Waals surface area (Å²) in [5, 5.41) is 5.40. The summed E-state index contributed by atoms with van der Waals surface area (Å²) in [6.45, 7) is 1.23. The average Bonchev–Trinajstić information content (AvgIpc) is 3.57. The van der Waals surface area contributed by atoms with Crippen molar-refractivity contribution in [2.45, 2.75) is 62.1 Å². The van der Waals surface area contributed by atoms with Crippen molar-refractivity contribution in [3.05, 3.63) is 30.0 Å². The van der Waals surface area contributed by atoms with Gasteiger partial charge < -0.3 is 14.4 Å². The van der Waals surface area contributed by atoms with Gasteiger partial charge in [-0.05, 0) is 62.1 Å². The van der Waals surface area contributed by atoms with Crippen LogP contribution >= 0.6 is 0 Å². The van der Waals surface area contributed by atoms with Crippen molar-refractivity contribution in [1.82, 2.24) is 19.4 Å². The summed E-state index contributed by atoms with van der Waals surface area (Å²) in [4.78, 5) is 14.6. The Hall–Kier alpha value is -2.22. The summed E-state index contributed by atoms with van der Waals surface area (Å²) in [5.41, 5.74) is -3.07. The number of rotatable bonds is 7. The molecule has 1 aliphatic carbocycles. The van der Waals surface area contributed by atoms with Crippen molar-refractivity contribution in [1.29, 1.82) is 0 Å². The second kappa shape index (κ2) is 11.3. The van der Waals surface area contributed by atoms with E-state index in [-0.39, 0.29) is 44.0 Å². The first-order chi connectivity index (χ1) is 18.5. The Labute approximate surface area is 226 Å². The summed E-state index contributed by atoms with van der Waals surface area (Å²) in [6.07, 6.45) is 5.90. The number of carbonyl (C=O) groups excluding carboxylic acids is 1. The number of alkyl halides is 3. The molecule has 3 aliphatic rings. The summed E-state index contributed by atoms with van der Waals surface area (Å²) in [7, 11) is -3.60. The number of halogens is 3. The van der Waals surface area contributed by atoms with Gasteiger partial charge in [0, 0.05) is 44.1 Å². The Balaban J connectivity index is 1.20. The number of amides is 1. The maximum Gasteiger partial charge on any atom is 0.511 e. The molecule has 13 heteroatoms. The molecule has 1 aromatic carbocycles. The molecule has 0 bridgehead atoms. The van der Waals surface area contributed by atoms with Gasteiger partial charge in [0.05, 0.1) is 36.9 Å². The first kappa shape index (κ1) is 28.3. The molecule has 5 rings (SSSR count). The molecule has 3 fully saturated rings. The zero-order valence-corrected chi connectivity index (χ0v) is 22.7. The molecule has 0 spiro atoms. The van der Waals surface area contributed by atoms with Gasteiger partial charge in [-0.3, -0.25) is 9.48 Å². The van der Waals surface area contributed by atoms with Gasteiger partial charge in [-0.1, -0.05) is 6.07 Å². The fraction of sp³-hybridized carbons (Fsp3) is 0.692. The van der Waals surface area contributed by atoms with E-state index >= 15 is 0 Å². The third-order valence-corrected chi connectivity index (χ3v) is 9.62. The predicted molar refractivity (Wildman–Crippen MR) is 137 cm³/mol. The maximum atomic E-state index is 13.1. The van der Waals surface area contributed by atoms with E-state index in [1.807, 2.05) is 22.6 Å². The predicted octanol–water partition coefficient (Wildman–Crippen LogP) is 3.31. The quantitative estimate of drug-likeness (QED) is 0.546. The zero-order chi connectivity index (χ0) is 27.8. The standard InChI is InChI=1S/C26H35F3N4O5S/c1-32-24-7-4-18(12-20(24)13-30-32)17-2-5-22(6-3-17)38-16-21-14-33(25(34)19-9-11-37-15-19)10-8-23(21)31-39(35,36)26(27,28)29/h4,7,12-13,17,19,21-23,31H,2-3,5-6,8-11,14-16H2,1H3/t17?,19?,21-,22?,23-/m0/s1. The highest BCUT2D eigenvalue weighted by molar-refractivity contribution is 7.90. The summed E-state index contributed by atoms with van der Waals surface area (Å²) >= 11 is 0. The lowest BCUT2D eigenvalue weighted by atomic mass is 9.82. The number of sulfonamides is 1.